The van der Waals surface area contributed by atoms with E-state index in [0.29, 0.717) is 23.9 Å². The summed E-state index contributed by atoms with van der Waals surface area (Å²) in [4.78, 5) is 27.4. The smallest absolute Gasteiger partial charge is 0.270 e. The summed E-state index contributed by atoms with van der Waals surface area (Å²) in [7, 11) is 0. The quantitative estimate of drug-likeness (QED) is 0.158. The molecule has 1 aliphatic carbocycles. The highest BCUT2D eigenvalue weighted by Gasteiger charge is 2.53. The van der Waals surface area contributed by atoms with Crippen LogP contribution in [-0.2, 0) is 11.3 Å². The number of hydrogen-bond donors (Lipinski definition) is 3. The third-order valence-electron chi connectivity index (χ3n) is 11.6. The maximum Gasteiger partial charge on any atom is 0.270 e. The van der Waals surface area contributed by atoms with Crippen LogP contribution in [0.1, 0.15) is 122 Å². The number of alkyl halides is 2. The van der Waals surface area contributed by atoms with Crippen molar-refractivity contribution in [1.29, 1.82) is 0 Å². The van der Waals surface area contributed by atoms with Gasteiger partial charge < -0.3 is 10.6 Å². The molecule has 3 aromatic rings. The van der Waals surface area contributed by atoms with Crippen molar-refractivity contribution in [3.8, 4) is 11.1 Å². The van der Waals surface area contributed by atoms with E-state index in [2.05, 4.69) is 74.0 Å². The fourth-order valence-electron chi connectivity index (χ4n) is 8.45. The Bertz CT molecular complexity index is 1600. The number of carbonyl (C=O) groups excluding carboxylic acids is 2. The van der Waals surface area contributed by atoms with E-state index in [-0.39, 0.29) is 30.0 Å². The lowest BCUT2D eigenvalue weighted by Gasteiger charge is -2.43. The predicted molar refractivity (Wildman–Crippen MR) is 191 cm³/mol. The molecule has 3 N–H and O–H groups in total. The zero-order valence-corrected chi connectivity index (χ0v) is 31.5. The van der Waals surface area contributed by atoms with Gasteiger partial charge in [0.1, 0.15) is 11.7 Å². The number of carbonyl (C=O) groups is 2. The molecule has 2 amide bonds. The minimum Gasteiger partial charge on any atom is -0.338 e. The molecular formula is C39H59F2N6O2+. The molecule has 0 radical (unpaired) electrons. The summed E-state index contributed by atoms with van der Waals surface area (Å²) in [6, 6.07) is 7.43. The van der Waals surface area contributed by atoms with Crippen molar-refractivity contribution < 1.29 is 23.1 Å². The zero-order chi connectivity index (χ0) is 36.5. The summed E-state index contributed by atoms with van der Waals surface area (Å²) >= 11 is 0. The van der Waals surface area contributed by atoms with Crippen molar-refractivity contribution >= 4 is 17.5 Å². The van der Waals surface area contributed by atoms with Crippen molar-refractivity contribution in [3.63, 3.8) is 0 Å². The van der Waals surface area contributed by atoms with Gasteiger partial charge >= 0.3 is 0 Å². The molecule has 270 valence electrons. The minimum atomic E-state index is -3.12. The van der Waals surface area contributed by atoms with Gasteiger partial charge in [-0.05, 0) is 87.0 Å². The third kappa shape index (κ3) is 7.93. The van der Waals surface area contributed by atoms with Gasteiger partial charge in [0, 0.05) is 37.2 Å². The fourth-order valence-corrected chi connectivity index (χ4v) is 8.45. The molecule has 0 saturated heterocycles. The summed E-state index contributed by atoms with van der Waals surface area (Å²) in [5.41, 5.74) is 4.82. The Morgan fingerprint density at radius 3 is 2.24 bits per heavy atom. The molecule has 0 aliphatic heterocycles. The van der Waals surface area contributed by atoms with Crippen molar-refractivity contribution in [2.24, 2.45) is 28.6 Å². The lowest BCUT2D eigenvalue weighted by atomic mass is 9.65. The maximum atomic E-state index is 15.6. The van der Waals surface area contributed by atoms with E-state index in [4.69, 9.17) is 0 Å². The van der Waals surface area contributed by atoms with E-state index < -0.39 is 35.1 Å². The van der Waals surface area contributed by atoms with E-state index >= 15 is 8.78 Å². The van der Waals surface area contributed by atoms with Gasteiger partial charge in [0.15, 0.2) is 6.54 Å². The Morgan fingerprint density at radius 1 is 1.04 bits per heavy atom. The molecule has 0 spiro atoms. The second kappa shape index (κ2) is 14.7. The molecule has 1 aromatic carbocycles. The molecule has 1 aliphatic rings. The first kappa shape index (κ1) is 38.2. The Hall–Kier alpha value is -3.56. The molecule has 3 atom stereocenters. The van der Waals surface area contributed by atoms with E-state index in [0.717, 1.165) is 41.9 Å². The summed E-state index contributed by atoms with van der Waals surface area (Å²) in [5.74, 6) is -4.72. The van der Waals surface area contributed by atoms with Crippen molar-refractivity contribution in [2.45, 2.75) is 133 Å². The van der Waals surface area contributed by atoms with Crippen LogP contribution >= 0.6 is 0 Å². The number of aromatic amines is 1. The Morgan fingerprint density at radius 2 is 1.67 bits per heavy atom. The van der Waals surface area contributed by atoms with Crippen LogP contribution in [0.15, 0.2) is 36.5 Å². The lowest BCUT2D eigenvalue weighted by Crippen LogP contribution is -2.56. The van der Waals surface area contributed by atoms with Crippen LogP contribution in [0.4, 0.5) is 14.5 Å². The molecule has 49 heavy (non-hydrogen) atoms. The van der Waals surface area contributed by atoms with Crippen LogP contribution in [0.3, 0.4) is 0 Å². The average Bonchev–Trinajstić information content (AvgIpc) is 3.63. The first-order valence-corrected chi connectivity index (χ1v) is 18.1. The number of amides is 2. The molecule has 2 heterocycles. The van der Waals surface area contributed by atoms with Crippen LogP contribution in [-0.4, -0.2) is 38.7 Å². The number of halogens is 2. The maximum absolute atomic E-state index is 15.6. The Balaban J connectivity index is 1.59. The number of benzene rings is 1. The standard InChI is InChI=1S/C39H58F2N6O2/c1-12-38(13-2,24(3)4)26(7)23-46-28(9)33(27(8)45-46)29-14-16-30(17-15-29)43-36(49)34(31-22-37(10,11)19-20-39(31,40)41)44-35(48)32-18-21-42-47(32)25(5)6/h14-18,21,24-26,31,34H,12-13,19-20,22-23H2,1-11H3,(H2,43,44,48,49)/p+1/t26?,31?,34-/m0/s1. The first-order chi connectivity index (χ1) is 22.9. The molecule has 0 bridgehead atoms. The molecule has 8 nitrogen and oxygen atoms in total. The first-order valence-electron chi connectivity index (χ1n) is 18.1. The molecule has 2 unspecified atom stereocenters. The molecule has 4 rings (SSSR count). The zero-order valence-electron chi connectivity index (χ0n) is 31.5. The summed E-state index contributed by atoms with van der Waals surface area (Å²) in [5, 5.41) is 13.3. The SMILES string of the molecule is CCC(CC)(C(C)C)C(C)C[n+]1[nH]c(C)c(-c2ccc(NC(=O)[C@@H](NC(=O)c3ccnn3C(C)C)C3CC(C)(C)CCC3(F)F)cc2)c1C. The average molecular weight is 682 g/mol. The van der Waals surface area contributed by atoms with Crippen molar-refractivity contribution in [1.82, 2.24) is 20.2 Å². The minimum absolute atomic E-state index is 0.0974. The van der Waals surface area contributed by atoms with E-state index in [1.54, 1.807) is 12.1 Å². The van der Waals surface area contributed by atoms with E-state index in [1.165, 1.54) is 16.9 Å². The van der Waals surface area contributed by atoms with Gasteiger partial charge in [-0.15, -0.1) is 4.68 Å². The highest BCUT2D eigenvalue weighted by Crippen LogP contribution is 2.48. The molecule has 1 fully saturated rings. The van der Waals surface area contributed by atoms with Crippen LogP contribution in [0.25, 0.3) is 11.1 Å². The van der Waals surface area contributed by atoms with Crippen LogP contribution < -0.4 is 15.3 Å². The van der Waals surface area contributed by atoms with Gasteiger partial charge in [0.2, 0.25) is 11.6 Å². The monoisotopic (exact) mass is 681 g/mol. The highest BCUT2D eigenvalue weighted by atomic mass is 19.3. The predicted octanol–water partition coefficient (Wildman–Crippen LogP) is 8.66. The number of anilines is 1. The number of aromatic nitrogens is 4. The molecule has 2 aromatic heterocycles. The number of nitrogens with one attached hydrogen (secondary N) is 3. The number of aryl methyl sites for hydroxylation is 1. The number of rotatable bonds is 13. The number of H-pyrrole nitrogens is 1. The topological polar surface area (TPSA) is 95.7 Å². The number of nitrogens with zero attached hydrogens (tertiary/aromatic N) is 3. The lowest BCUT2D eigenvalue weighted by molar-refractivity contribution is -0.762. The van der Waals surface area contributed by atoms with Gasteiger partial charge in [-0.25, -0.2) is 8.78 Å². The van der Waals surface area contributed by atoms with Crippen LogP contribution in [0.5, 0.6) is 0 Å². The van der Waals surface area contributed by atoms with Gasteiger partial charge in [-0.3, -0.25) is 14.3 Å². The van der Waals surface area contributed by atoms with E-state index in [1.807, 2.05) is 39.8 Å². The fraction of sp³-hybridized carbons (Fsp3) is 0.641. The van der Waals surface area contributed by atoms with Crippen molar-refractivity contribution in [2.75, 3.05) is 5.32 Å². The summed E-state index contributed by atoms with van der Waals surface area (Å²) in [6.45, 7) is 24.3. The van der Waals surface area contributed by atoms with Gasteiger partial charge in [0.05, 0.1) is 17.2 Å². The van der Waals surface area contributed by atoms with Gasteiger partial charge in [-0.2, -0.15) is 10.2 Å². The molecule has 1 saturated carbocycles. The molecule has 10 heteroatoms. The van der Waals surface area contributed by atoms with Crippen LogP contribution in [0, 0.1) is 42.4 Å². The highest BCUT2D eigenvalue weighted by molar-refractivity contribution is 6.01. The van der Waals surface area contributed by atoms with E-state index in [9.17, 15) is 9.59 Å². The van der Waals surface area contributed by atoms with Crippen molar-refractivity contribution in [3.05, 3.63) is 53.6 Å². The largest absolute Gasteiger partial charge is 0.338 e. The Kier molecular flexibility index (Phi) is 11.5. The number of hydrogen-bond acceptors (Lipinski definition) is 3. The second-order valence-corrected chi connectivity index (χ2v) is 15.8. The Labute approximate surface area is 291 Å². The van der Waals surface area contributed by atoms with Crippen LogP contribution in [0.2, 0.25) is 0 Å². The summed E-state index contributed by atoms with van der Waals surface area (Å²) < 4.78 is 34.9. The van der Waals surface area contributed by atoms with Gasteiger partial charge in [-0.1, -0.05) is 60.6 Å². The second-order valence-electron chi connectivity index (χ2n) is 15.8. The molecular weight excluding hydrogens is 622 g/mol. The normalized spacial score (nSPS) is 18.8. The van der Waals surface area contributed by atoms with Gasteiger partial charge in [0.25, 0.3) is 11.8 Å². The third-order valence-corrected chi connectivity index (χ3v) is 11.6. The summed E-state index contributed by atoms with van der Waals surface area (Å²) in [6.07, 6.45) is 3.85.